The number of nitrogen functional groups attached to an aromatic ring is 1. The molecular weight excluding hydrogens is 349 g/mol. The minimum absolute atomic E-state index is 0.00774. The van der Waals surface area contributed by atoms with Gasteiger partial charge in [-0.15, -0.1) is 0 Å². The SMILES string of the molecule is Nc1cc([S+]([O-])c2ccc(I)cc2)ccc1O. The van der Waals surface area contributed by atoms with Gasteiger partial charge in [0.1, 0.15) is 5.75 Å². The molecule has 0 aliphatic carbocycles. The van der Waals surface area contributed by atoms with E-state index in [1.54, 1.807) is 6.07 Å². The van der Waals surface area contributed by atoms with Gasteiger partial charge in [-0.25, -0.2) is 0 Å². The highest BCUT2D eigenvalue weighted by Crippen LogP contribution is 2.27. The van der Waals surface area contributed by atoms with Crippen molar-refractivity contribution >= 4 is 39.5 Å². The second kappa shape index (κ2) is 5.16. The summed E-state index contributed by atoms with van der Waals surface area (Å²) >= 11 is 0.924. The summed E-state index contributed by atoms with van der Waals surface area (Å²) in [5, 5.41) is 9.31. The third-order valence-electron chi connectivity index (χ3n) is 2.24. The van der Waals surface area contributed by atoms with Crippen LogP contribution in [0.25, 0.3) is 0 Å². The fourth-order valence-corrected chi connectivity index (χ4v) is 2.78. The van der Waals surface area contributed by atoms with Crippen LogP contribution in [-0.2, 0) is 11.2 Å². The van der Waals surface area contributed by atoms with Crippen LogP contribution in [0.5, 0.6) is 5.75 Å². The predicted octanol–water partition coefficient (Wildman–Crippen LogP) is 2.75. The summed E-state index contributed by atoms with van der Waals surface area (Å²) in [5.74, 6) is 0.00774. The molecule has 1 atom stereocenters. The molecule has 0 heterocycles. The first-order valence-corrected chi connectivity index (χ1v) is 7.06. The number of anilines is 1. The fraction of sp³-hybridized carbons (Fsp3) is 0. The molecule has 2 aromatic rings. The highest BCUT2D eigenvalue weighted by molar-refractivity contribution is 14.1. The molecule has 0 amide bonds. The van der Waals surface area contributed by atoms with Crippen LogP contribution in [0.2, 0.25) is 0 Å². The summed E-state index contributed by atoms with van der Waals surface area (Å²) < 4.78 is 13.3. The Balaban J connectivity index is 2.33. The van der Waals surface area contributed by atoms with Crippen LogP contribution in [0.1, 0.15) is 0 Å². The quantitative estimate of drug-likeness (QED) is 0.375. The van der Waals surface area contributed by atoms with Gasteiger partial charge in [-0.05, 0) is 59.0 Å². The summed E-state index contributed by atoms with van der Waals surface area (Å²) in [4.78, 5) is 1.30. The van der Waals surface area contributed by atoms with Crippen LogP contribution in [-0.4, -0.2) is 9.66 Å². The molecule has 3 nitrogen and oxygen atoms in total. The van der Waals surface area contributed by atoms with Crippen LogP contribution >= 0.6 is 22.6 Å². The third-order valence-corrected chi connectivity index (χ3v) is 4.34. The van der Waals surface area contributed by atoms with Gasteiger partial charge in [0.25, 0.3) is 0 Å². The molecule has 0 aliphatic heterocycles. The number of phenolic OH excluding ortho intramolecular Hbond substituents is 1. The zero-order valence-corrected chi connectivity index (χ0v) is 11.7. The molecule has 2 rings (SSSR count). The lowest BCUT2D eigenvalue weighted by Crippen LogP contribution is -2.02. The second-order valence-electron chi connectivity index (χ2n) is 3.44. The molecule has 0 saturated carbocycles. The van der Waals surface area contributed by atoms with Gasteiger partial charge in [-0.3, -0.25) is 0 Å². The van der Waals surface area contributed by atoms with E-state index in [-0.39, 0.29) is 11.4 Å². The lowest BCUT2D eigenvalue weighted by Gasteiger charge is -2.10. The average molecular weight is 359 g/mol. The molecule has 0 spiro atoms. The van der Waals surface area contributed by atoms with E-state index in [4.69, 9.17) is 5.73 Å². The van der Waals surface area contributed by atoms with E-state index in [9.17, 15) is 9.66 Å². The summed E-state index contributed by atoms with van der Waals surface area (Å²) in [5.41, 5.74) is 5.81. The van der Waals surface area contributed by atoms with Crippen molar-refractivity contribution < 1.29 is 9.66 Å². The first-order chi connectivity index (χ1) is 8.08. The van der Waals surface area contributed by atoms with Crippen LogP contribution in [0.15, 0.2) is 52.3 Å². The smallest absolute Gasteiger partial charge is 0.160 e. The molecule has 17 heavy (non-hydrogen) atoms. The standard InChI is InChI=1S/C12H10INO2S/c13-8-1-3-9(4-2-8)17(16)10-5-6-12(15)11(14)7-10/h1-7,15H,14H2. The molecule has 5 heteroatoms. The molecule has 0 radical (unpaired) electrons. The molecule has 0 aromatic heterocycles. The molecule has 0 aliphatic rings. The Hall–Kier alpha value is -0.920. The highest BCUT2D eigenvalue weighted by atomic mass is 127. The molecule has 2 aromatic carbocycles. The maximum absolute atomic E-state index is 12.2. The third kappa shape index (κ3) is 2.85. The van der Waals surface area contributed by atoms with Gasteiger partial charge in [0.2, 0.25) is 0 Å². The van der Waals surface area contributed by atoms with Crippen LogP contribution < -0.4 is 5.73 Å². The van der Waals surface area contributed by atoms with Crippen molar-refractivity contribution in [3.05, 3.63) is 46.0 Å². The summed E-state index contributed by atoms with van der Waals surface area (Å²) in [6, 6.07) is 12.0. The molecule has 3 N–H and O–H groups in total. The number of aromatic hydroxyl groups is 1. The largest absolute Gasteiger partial charge is 0.606 e. The summed E-state index contributed by atoms with van der Waals surface area (Å²) in [7, 11) is 0. The zero-order valence-electron chi connectivity index (χ0n) is 8.76. The fourth-order valence-electron chi connectivity index (χ4n) is 1.34. The topological polar surface area (TPSA) is 69.3 Å². The molecule has 0 saturated heterocycles. The predicted molar refractivity (Wildman–Crippen MR) is 76.4 cm³/mol. The Bertz CT molecular complexity index is 531. The van der Waals surface area contributed by atoms with Crippen LogP contribution in [0.3, 0.4) is 0 Å². The van der Waals surface area contributed by atoms with E-state index in [2.05, 4.69) is 22.6 Å². The highest BCUT2D eigenvalue weighted by Gasteiger charge is 2.15. The Labute approximate surface area is 116 Å². The number of rotatable bonds is 2. The minimum Gasteiger partial charge on any atom is -0.606 e. The van der Waals surface area contributed by atoms with E-state index in [1.807, 2.05) is 24.3 Å². The second-order valence-corrected chi connectivity index (χ2v) is 6.17. The molecule has 0 bridgehead atoms. The Kier molecular flexibility index (Phi) is 3.80. The van der Waals surface area contributed by atoms with Crippen molar-refractivity contribution in [1.29, 1.82) is 0 Å². The Morgan fingerprint density at radius 1 is 1.06 bits per heavy atom. The van der Waals surface area contributed by atoms with Crippen molar-refractivity contribution in [3.8, 4) is 5.75 Å². The lowest BCUT2D eigenvalue weighted by molar-refractivity contribution is 0.477. The van der Waals surface area contributed by atoms with E-state index in [1.165, 1.54) is 12.1 Å². The summed E-state index contributed by atoms with van der Waals surface area (Å²) in [6.45, 7) is 0. The van der Waals surface area contributed by atoms with Gasteiger partial charge >= 0.3 is 0 Å². The first-order valence-electron chi connectivity index (χ1n) is 4.84. The first kappa shape index (κ1) is 12.5. The molecule has 1 unspecified atom stereocenters. The number of hydrogen-bond acceptors (Lipinski definition) is 3. The molecule has 88 valence electrons. The average Bonchev–Trinajstić information content (AvgIpc) is 2.33. The number of phenols is 1. The van der Waals surface area contributed by atoms with Gasteiger partial charge in [0.05, 0.1) is 5.69 Å². The Morgan fingerprint density at radius 2 is 1.65 bits per heavy atom. The van der Waals surface area contributed by atoms with Crippen molar-refractivity contribution in [2.75, 3.05) is 5.73 Å². The zero-order chi connectivity index (χ0) is 12.4. The van der Waals surface area contributed by atoms with Crippen molar-refractivity contribution in [3.63, 3.8) is 0 Å². The van der Waals surface area contributed by atoms with Crippen LogP contribution in [0.4, 0.5) is 5.69 Å². The molecular formula is C12H10INO2S. The number of nitrogens with two attached hydrogens (primary N) is 1. The van der Waals surface area contributed by atoms with E-state index in [0.29, 0.717) is 4.90 Å². The van der Waals surface area contributed by atoms with E-state index >= 15 is 0 Å². The van der Waals surface area contributed by atoms with Gasteiger partial charge in [0.15, 0.2) is 9.79 Å². The van der Waals surface area contributed by atoms with Gasteiger partial charge < -0.3 is 15.4 Å². The van der Waals surface area contributed by atoms with Gasteiger partial charge in [-0.2, -0.15) is 0 Å². The monoisotopic (exact) mass is 359 g/mol. The normalized spacial score (nSPS) is 12.4. The minimum atomic E-state index is -1.27. The van der Waals surface area contributed by atoms with Crippen LogP contribution in [0, 0.1) is 3.57 Å². The number of halogens is 1. The Morgan fingerprint density at radius 3 is 2.24 bits per heavy atom. The number of hydrogen-bond donors (Lipinski definition) is 2. The van der Waals surface area contributed by atoms with Crippen molar-refractivity contribution in [2.45, 2.75) is 9.79 Å². The van der Waals surface area contributed by atoms with Gasteiger partial charge in [-0.1, -0.05) is 0 Å². The maximum Gasteiger partial charge on any atom is 0.160 e. The van der Waals surface area contributed by atoms with Crippen molar-refractivity contribution in [2.24, 2.45) is 0 Å². The maximum atomic E-state index is 12.2. The van der Waals surface area contributed by atoms with Gasteiger partial charge in [0, 0.05) is 20.8 Å². The van der Waals surface area contributed by atoms with E-state index in [0.717, 1.165) is 8.47 Å². The number of benzene rings is 2. The lowest BCUT2D eigenvalue weighted by atomic mass is 10.3. The summed E-state index contributed by atoms with van der Waals surface area (Å²) in [6.07, 6.45) is 0. The van der Waals surface area contributed by atoms with E-state index < -0.39 is 11.2 Å². The molecule has 0 fully saturated rings. The van der Waals surface area contributed by atoms with Crippen molar-refractivity contribution in [1.82, 2.24) is 0 Å².